The zero-order valence-corrected chi connectivity index (χ0v) is 8.75. The van der Waals surface area contributed by atoms with E-state index in [4.69, 9.17) is 5.26 Å². The number of nitrogens with zero attached hydrogens (tertiary/aromatic N) is 1. The molecule has 1 aromatic carbocycles. The van der Waals surface area contributed by atoms with Gasteiger partial charge in [-0.05, 0) is 5.56 Å². The second kappa shape index (κ2) is 4.78. The van der Waals surface area contributed by atoms with Crippen LogP contribution >= 0.6 is 0 Å². The number of rotatable bonds is 4. The number of hydrogen-bond acceptors (Lipinski definition) is 2. The van der Waals surface area contributed by atoms with Crippen LogP contribution in [-0.2, 0) is 5.41 Å². The molecule has 2 heteroatoms. The van der Waals surface area contributed by atoms with Crippen LogP contribution in [0.4, 0.5) is 0 Å². The smallest absolute Gasteiger partial charge is 0.0841 e. The van der Waals surface area contributed by atoms with Gasteiger partial charge in [0.1, 0.15) is 0 Å². The molecule has 0 radical (unpaired) electrons. The maximum atomic E-state index is 8.42. The summed E-state index contributed by atoms with van der Waals surface area (Å²) >= 11 is 0. The van der Waals surface area contributed by atoms with E-state index in [0.717, 1.165) is 6.54 Å². The molecule has 0 heterocycles. The second-order valence-electron chi connectivity index (χ2n) is 4.01. The quantitative estimate of drug-likeness (QED) is 0.580. The van der Waals surface area contributed by atoms with Crippen molar-refractivity contribution in [2.75, 3.05) is 13.1 Å². The first-order valence-corrected chi connectivity index (χ1v) is 4.80. The van der Waals surface area contributed by atoms with Crippen LogP contribution in [0.15, 0.2) is 30.3 Å². The van der Waals surface area contributed by atoms with Crippen molar-refractivity contribution in [2.45, 2.75) is 19.3 Å². The summed E-state index contributed by atoms with van der Waals surface area (Å²) in [7, 11) is 0. The first-order valence-electron chi connectivity index (χ1n) is 4.80. The van der Waals surface area contributed by atoms with Crippen LogP contribution in [0, 0.1) is 11.3 Å². The topological polar surface area (TPSA) is 35.8 Å². The third-order valence-electron chi connectivity index (χ3n) is 2.33. The summed E-state index contributed by atoms with van der Waals surface area (Å²) in [6, 6.07) is 12.4. The maximum absolute atomic E-state index is 8.42. The van der Waals surface area contributed by atoms with Crippen LogP contribution in [0.3, 0.4) is 0 Å². The van der Waals surface area contributed by atoms with E-state index < -0.39 is 0 Å². The lowest BCUT2D eigenvalue weighted by atomic mass is 9.85. The molecular weight excluding hydrogens is 172 g/mol. The molecule has 0 bridgehead atoms. The molecular formula is C12H16N2. The molecule has 0 amide bonds. The zero-order chi connectivity index (χ0) is 10.4. The molecule has 1 rings (SSSR count). The Hall–Kier alpha value is -1.33. The van der Waals surface area contributed by atoms with Gasteiger partial charge in [0, 0.05) is 12.0 Å². The lowest BCUT2D eigenvalue weighted by molar-refractivity contribution is 0.485. The minimum Gasteiger partial charge on any atom is -0.304 e. The highest BCUT2D eigenvalue weighted by Crippen LogP contribution is 2.21. The fourth-order valence-corrected chi connectivity index (χ4v) is 1.42. The maximum Gasteiger partial charge on any atom is 0.0841 e. The Bertz CT molecular complexity index is 309. The van der Waals surface area contributed by atoms with Gasteiger partial charge >= 0.3 is 0 Å². The van der Waals surface area contributed by atoms with Gasteiger partial charge in [-0.15, -0.1) is 0 Å². The van der Waals surface area contributed by atoms with Crippen LogP contribution in [-0.4, -0.2) is 13.1 Å². The van der Waals surface area contributed by atoms with Gasteiger partial charge in [-0.1, -0.05) is 44.2 Å². The molecule has 0 aromatic heterocycles. The van der Waals surface area contributed by atoms with Crippen molar-refractivity contribution in [3.8, 4) is 6.07 Å². The Labute approximate surface area is 85.6 Å². The van der Waals surface area contributed by atoms with Gasteiger partial charge in [0.15, 0.2) is 0 Å². The zero-order valence-electron chi connectivity index (χ0n) is 8.75. The molecule has 0 saturated heterocycles. The van der Waals surface area contributed by atoms with Gasteiger partial charge in [-0.3, -0.25) is 0 Å². The summed E-state index contributed by atoms with van der Waals surface area (Å²) in [4.78, 5) is 0. The van der Waals surface area contributed by atoms with Gasteiger partial charge in [-0.25, -0.2) is 0 Å². The largest absolute Gasteiger partial charge is 0.304 e. The Balaban J connectivity index is 2.62. The van der Waals surface area contributed by atoms with Crippen molar-refractivity contribution in [2.24, 2.45) is 0 Å². The van der Waals surface area contributed by atoms with Crippen LogP contribution in [0.5, 0.6) is 0 Å². The average Bonchev–Trinajstić information content (AvgIpc) is 2.19. The minimum absolute atomic E-state index is 0.0815. The van der Waals surface area contributed by atoms with E-state index in [-0.39, 0.29) is 5.41 Å². The monoisotopic (exact) mass is 188 g/mol. The Morgan fingerprint density at radius 1 is 1.29 bits per heavy atom. The van der Waals surface area contributed by atoms with Crippen molar-refractivity contribution in [3.63, 3.8) is 0 Å². The van der Waals surface area contributed by atoms with Gasteiger partial charge in [-0.2, -0.15) is 5.26 Å². The summed E-state index contributed by atoms with van der Waals surface area (Å²) in [6.45, 7) is 5.58. The van der Waals surface area contributed by atoms with Crippen LogP contribution < -0.4 is 5.32 Å². The van der Waals surface area contributed by atoms with Gasteiger partial charge in [0.2, 0.25) is 0 Å². The Morgan fingerprint density at radius 2 is 1.93 bits per heavy atom. The molecule has 0 atom stereocenters. The lowest BCUT2D eigenvalue weighted by Crippen LogP contribution is -2.33. The third-order valence-corrected chi connectivity index (χ3v) is 2.33. The molecule has 1 aromatic rings. The van der Waals surface area contributed by atoms with Crippen LogP contribution in [0.25, 0.3) is 0 Å². The van der Waals surface area contributed by atoms with E-state index in [0.29, 0.717) is 6.54 Å². The van der Waals surface area contributed by atoms with E-state index in [1.807, 2.05) is 18.2 Å². The number of nitrogens with one attached hydrogen (secondary N) is 1. The molecule has 74 valence electrons. The summed E-state index contributed by atoms with van der Waals surface area (Å²) in [5.74, 6) is 0. The normalized spacial score (nSPS) is 10.9. The Morgan fingerprint density at radius 3 is 2.50 bits per heavy atom. The number of nitriles is 1. The van der Waals surface area contributed by atoms with E-state index >= 15 is 0 Å². The first kappa shape index (κ1) is 10.7. The summed E-state index contributed by atoms with van der Waals surface area (Å²) in [5, 5.41) is 11.5. The van der Waals surface area contributed by atoms with Crippen LogP contribution in [0.1, 0.15) is 19.4 Å². The molecule has 0 fully saturated rings. The SMILES string of the molecule is CC(C)(CNCC#N)c1ccccc1. The molecule has 0 aliphatic rings. The van der Waals surface area contributed by atoms with Gasteiger partial charge in [0.05, 0.1) is 12.6 Å². The molecule has 0 aliphatic heterocycles. The van der Waals surface area contributed by atoms with Crippen LogP contribution in [0.2, 0.25) is 0 Å². The number of benzene rings is 1. The fourth-order valence-electron chi connectivity index (χ4n) is 1.42. The first-order chi connectivity index (χ1) is 6.67. The summed E-state index contributed by atoms with van der Waals surface area (Å²) in [5.41, 5.74) is 1.38. The van der Waals surface area contributed by atoms with Crippen molar-refractivity contribution in [1.29, 1.82) is 5.26 Å². The van der Waals surface area contributed by atoms with Gasteiger partial charge < -0.3 is 5.32 Å². The predicted octanol–water partition coefficient (Wildman–Crippen LogP) is 2.08. The van der Waals surface area contributed by atoms with Crippen molar-refractivity contribution in [3.05, 3.63) is 35.9 Å². The molecule has 0 aliphatic carbocycles. The van der Waals surface area contributed by atoms with E-state index in [2.05, 4.69) is 37.4 Å². The summed E-state index contributed by atoms with van der Waals surface area (Å²) in [6.07, 6.45) is 0. The highest BCUT2D eigenvalue weighted by atomic mass is 14.9. The molecule has 14 heavy (non-hydrogen) atoms. The Kier molecular flexibility index (Phi) is 3.67. The number of hydrogen-bond donors (Lipinski definition) is 1. The fraction of sp³-hybridized carbons (Fsp3) is 0.417. The average molecular weight is 188 g/mol. The molecule has 2 nitrogen and oxygen atoms in total. The standard InChI is InChI=1S/C12H16N2/c1-12(2,10-14-9-8-13)11-6-4-3-5-7-11/h3-7,14H,9-10H2,1-2H3. The molecule has 0 unspecified atom stereocenters. The van der Waals surface area contributed by atoms with E-state index in [1.54, 1.807) is 0 Å². The summed E-state index contributed by atoms with van der Waals surface area (Å²) < 4.78 is 0. The van der Waals surface area contributed by atoms with Gasteiger partial charge in [0.25, 0.3) is 0 Å². The van der Waals surface area contributed by atoms with Crippen molar-refractivity contribution < 1.29 is 0 Å². The molecule has 1 N–H and O–H groups in total. The third kappa shape index (κ3) is 2.86. The lowest BCUT2D eigenvalue weighted by Gasteiger charge is -2.25. The minimum atomic E-state index is 0.0815. The molecule has 0 spiro atoms. The second-order valence-corrected chi connectivity index (χ2v) is 4.01. The van der Waals surface area contributed by atoms with E-state index in [9.17, 15) is 0 Å². The predicted molar refractivity (Wildman–Crippen MR) is 58.0 cm³/mol. The van der Waals surface area contributed by atoms with Crippen molar-refractivity contribution in [1.82, 2.24) is 5.32 Å². The highest BCUT2D eigenvalue weighted by molar-refractivity contribution is 5.23. The van der Waals surface area contributed by atoms with E-state index in [1.165, 1.54) is 5.56 Å². The van der Waals surface area contributed by atoms with Crippen molar-refractivity contribution >= 4 is 0 Å². The molecule has 0 saturated carbocycles. The highest BCUT2D eigenvalue weighted by Gasteiger charge is 2.19.